The second kappa shape index (κ2) is 5.63. The molecule has 18 heavy (non-hydrogen) atoms. The van der Waals surface area contributed by atoms with E-state index in [9.17, 15) is 14.0 Å². The Balaban J connectivity index is 3.00. The SMILES string of the molecule is COc1cc(OC(=O)CC(=O)O)c(F)cc1C#N. The molecule has 1 N–H and O–H groups in total. The summed E-state index contributed by atoms with van der Waals surface area (Å²) in [5.41, 5.74) is -0.0620. The van der Waals surface area contributed by atoms with Gasteiger partial charge in [0.05, 0.1) is 12.7 Å². The van der Waals surface area contributed by atoms with E-state index in [1.165, 1.54) is 7.11 Å². The molecule has 0 heterocycles. The van der Waals surface area contributed by atoms with Gasteiger partial charge in [-0.1, -0.05) is 0 Å². The summed E-state index contributed by atoms with van der Waals surface area (Å²) in [5, 5.41) is 17.0. The van der Waals surface area contributed by atoms with Gasteiger partial charge in [-0.25, -0.2) is 4.39 Å². The molecule has 0 atom stereocenters. The smallest absolute Gasteiger partial charge is 0.322 e. The zero-order chi connectivity index (χ0) is 13.7. The lowest BCUT2D eigenvalue weighted by atomic mass is 10.2. The minimum atomic E-state index is -1.39. The van der Waals surface area contributed by atoms with Crippen LogP contribution in [0.15, 0.2) is 12.1 Å². The number of ether oxygens (including phenoxy) is 2. The second-order valence-electron chi connectivity index (χ2n) is 3.14. The molecule has 0 amide bonds. The van der Waals surface area contributed by atoms with Gasteiger partial charge in [0.25, 0.3) is 0 Å². The summed E-state index contributed by atoms with van der Waals surface area (Å²) in [7, 11) is 1.26. The number of carbonyl (C=O) groups excluding carboxylic acids is 1. The number of nitriles is 1. The lowest BCUT2D eigenvalue weighted by Gasteiger charge is -2.07. The molecule has 0 aliphatic heterocycles. The number of benzene rings is 1. The van der Waals surface area contributed by atoms with Crippen molar-refractivity contribution in [2.24, 2.45) is 0 Å². The van der Waals surface area contributed by atoms with Crippen molar-refractivity contribution < 1.29 is 28.6 Å². The van der Waals surface area contributed by atoms with Gasteiger partial charge in [-0.05, 0) is 6.07 Å². The van der Waals surface area contributed by atoms with Crippen LogP contribution in [0.3, 0.4) is 0 Å². The normalized spacial score (nSPS) is 9.39. The Morgan fingerprint density at radius 3 is 2.61 bits per heavy atom. The number of hydrogen-bond acceptors (Lipinski definition) is 5. The van der Waals surface area contributed by atoms with Crippen molar-refractivity contribution in [3.8, 4) is 17.6 Å². The number of halogens is 1. The maximum absolute atomic E-state index is 13.4. The molecular formula is C11H8FNO5. The molecule has 7 heteroatoms. The van der Waals surface area contributed by atoms with Crippen molar-refractivity contribution in [2.45, 2.75) is 6.42 Å². The summed E-state index contributed by atoms with van der Waals surface area (Å²) >= 11 is 0. The van der Waals surface area contributed by atoms with Crippen molar-refractivity contribution >= 4 is 11.9 Å². The number of methoxy groups -OCH3 is 1. The van der Waals surface area contributed by atoms with Crippen LogP contribution < -0.4 is 9.47 Å². The van der Waals surface area contributed by atoms with E-state index in [4.69, 9.17) is 15.1 Å². The monoisotopic (exact) mass is 253 g/mol. The fourth-order valence-electron chi connectivity index (χ4n) is 1.15. The van der Waals surface area contributed by atoms with E-state index in [0.29, 0.717) is 0 Å². The maximum Gasteiger partial charge on any atom is 0.322 e. The average molecular weight is 253 g/mol. The number of carboxylic acids is 1. The van der Waals surface area contributed by atoms with Gasteiger partial charge in [0.1, 0.15) is 18.2 Å². The molecule has 0 aliphatic rings. The van der Waals surface area contributed by atoms with Crippen LogP contribution in [0.2, 0.25) is 0 Å². The maximum atomic E-state index is 13.4. The third-order valence-electron chi connectivity index (χ3n) is 1.89. The third kappa shape index (κ3) is 3.18. The molecule has 94 valence electrons. The first-order chi connectivity index (χ1) is 8.47. The van der Waals surface area contributed by atoms with Gasteiger partial charge >= 0.3 is 11.9 Å². The lowest BCUT2D eigenvalue weighted by molar-refractivity contribution is -0.145. The molecule has 0 unspecified atom stereocenters. The first-order valence-electron chi connectivity index (χ1n) is 4.68. The summed E-state index contributed by atoms with van der Waals surface area (Å²) in [4.78, 5) is 21.3. The van der Waals surface area contributed by atoms with E-state index in [1.807, 2.05) is 0 Å². The van der Waals surface area contributed by atoms with Crippen LogP contribution in [-0.4, -0.2) is 24.2 Å². The van der Waals surface area contributed by atoms with Crippen LogP contribution in [0.4, 0.5) is 4.39 Å². The summed E-state index contributed by atoms with van der Waals surface area (Å²) in [6.45, 7) is 0. The van der Waals surface area contributed by atoms with Crippen LogP contribution in [0.1, 0.15) is 12.0 Å². The van der Waals surface area contributed by atoms with Gasteiger partial charge in [0.2, 0.25) is 0 Å². The average Bonchev–Trinajstić information content (AvgIpc) is 2.30. The van der Waals surface area contributed by atoms with Gasteiger partial charge in [-0.2, -0.15) is 5.26 Å². The van der Waals surface area contributed by atoms with Gasteiger partial charge < -0.3 is 14.6 Å². The predicted octanol–water partition coefficient (Wildman–Crippen LogP) is 1.09. The Kier molecular flexibility index (Phi) is 4.21. The second-order valence-corrected chi connectivity index (χ2v) is 3.14. The number of aliphatic carboxylic acids is 1. The highest BCUT2D eigenvalue weighted by molar-refractivity contribution is 5.91. The van der Waals surface area contributed by atoms with E-state index in [-0.39, 0.29) is 11.3 Å². The molecular weight excluding hydrogens is 245 g/mol. The molecule has 0 radical (unpaired) electrons. The third-order valence-corrected chi connectivity index (χ3v) is 1.89. The van der Waals surface area contributed by atoms with Gasteiger partial charge in [-0.3, -0.25) is 9.59 Å². The molecule has 6 nitrogen and oxygen atoms in total. The van der Waals surface area contributed by atoms with Crippen LogP contribution in [-0.2, 0) is 9.59 Å². The van der Waals surface area contributed by atoms with Crippen molar-refractivity contribution in [3.63, 3.8) is 0 Å². The Hall–Kier alpha value is -2.62. The number of nitrogens with zero attached hydrogens (tertiary/aromatic N) is 1. The lowest BCUT2D eigenvalue weighted by Crippen LogP contribution is -2.14. The van der Waals surface area contributed by atoms with Gasteiger partial charge in [0.15, 0.2) is 11.6 Å². The van der Waals surface area contributed by atoms with E-state index < -0.39 is 29.9 Å². The van der Waals surface area contributed by atoms with E-state index in [0.717, 1.165) is 12.1 Å². The molecule has 0 spiro atoms. The highest BCUT2D eigenvalue weighted by Gasteiger charge is 2.16. The Bertz CT molecular complexity index is 535. The molecule has 0 saturated heterocycles. The fourth-order valence-corrected chi connectivity index (χ4v) is 1.15. The molecule has 1 rings (SSSR count). The van der Waals surface area contributed by atoms with Crippen LogP contribution in [0.5, 0.6) is 11.5 Å². The summed E-state index contributed by atoms with van der Waals surface area (Å²) in [6, 6.07) is 3.54. The fraction of sp³-hybridized carbons (Fsp3) is 0.182. The minimum absolute atomic E-state index is 0.0250. The van der Waals surface area contributed by atoms with E-state index in [2.05, 4.69) is 4.74 Å². The summed E-state index contributed by atoms with van der Waals surface area (Å²) in [6.07, 6.45) is -0.887. The summed E-state index contributed by atoms with van der Waals surface area (Å²) in [5.74, 6) is -3.92. The molecule has 0 aliphatic carbocycles. The number of esters is 1. The van der Waals surface area contributed by atoms with Gasteiger partial charge in [0, 0.05) is 6.07 Å². The zero-order valence-electron chi connectivity index (χ0n) is 9.27. The standard InChI is InChI=1S/C11H8FNO5/c1-17-8-3-9(7(12)2-6(8)5-13)18-11(16)4-10(14)15/h2-3H,4H2,1H3,(H,14,15). The quantitative estimate of drug-likeness (QED) is 0.490. The van der Waals surface area contributed by atoms with Crippen LogP contribution >= 0.6 is 0 Å². The first-order valence-corrected chi connectivity index (χ1v) is 4.68. The molecule has 0 saturated carbocycles. The topological polar surface area (TPSA) is 96.6 Å². The number of hydrogen-bond donors (Lipinski definition) is 1. The Morgan fingerprint density at radius 2 is 2.11 bits per heavy atom. The van der Waals surface area contributed by atoms with Crippen molar-refractivity contribution in [1.82, 2.24) is 0 Å². The molecule has 1 aromatic rings. The number of carbonyl (C=O) groups is 2. The highest BCUT2D eigenvalue weighted by Crippen LogP contribution is 2.27. The Labute approximate surface area is 101 Å². The van der Waals surface area contributed by atoms with Gasteiger partial charge in [-0.15, -0.1) is 0 Å². The highest BCUT2D eigenvalue weighted by atomic mass is 19.1. The molecule has 1 aromatic carbocycles. The van der Waals surface area contributed by atoms with E-state index >= 15 is 0 Å². The molecule has 0 bridgehead atoms. The number of carboxylic acid groups (broad SMARTS) is 1. The van der Waals surface area contributed by atoms with Crippen molar-refractivity contribution in [2.75, 3.05) is 7.11 Å². The Morgan fingerprint density at radius 1 is 1.44 bits per heavy atom. The zero-order valence-corrected chi connectivity index (χ0v) is 9.27. The van der Waals surface area contributed by atoms with Crippen LogP contribution in [0, 0.1) is 17.1 Å². The minimum Gasteiger partial charge on any atom is -0.495 e. The van der Waals surface area contributed by atoms with Crippen molar-refractivity contribution in [1.29, 1.82) is 5.26 Å². The predicted molar refractivity (Wildman–Crippen MR) is 55.6 cm³/mol. The van der Waals surface area contributed by atoms with Crippen molar-refractivity contribution in [3.05, 3.63) is 23.5 Å². The first kappa shape index (κ1) is 13.4. The molecule has 0 aromatic heterocycles. The number of rotatable bonds is 4. The van der Waals surface area contributed by atoms with E-state index in [1.54, 1.807) is 6.07 Å². The van der Waals surface area contributed by atoms with Crippen LogP contribution in [0.25, 0.3) is 0 Å². The summed E-state index contributed by atoms with van der Waals surface area (Å²) < 4.78 is 22.7. The molecule has 0 fully saturated rings. The largest absolute Gasteiger partial charge is 0.495 e.